The fourth-order valence-corrected chi connectivity index (χ4v) is 2.89. The Kier molecular flexibility index (Phi) is 4.90. The lowest BCUT2D eigenvalue weighted by Gasteiger charge is -2.08. The van der Waals surface area contributed by atoms with Crippen LogP contribution in [-0.4, -0.2) is 17.0 Å². The van der Waals surface area contributed by atoms with E-state index < -0.39 is 11.9 Å². The molecule has 5 nitrogen and oxygen atoms in total. The molecule has 0 atom stereocenters. The van der Waals surface area contributed by atoms with Gasteiger partial charge < -0.3 is 14.8 Å². The third-order valence-electron chi connectivity index (χ3n) is 3.40. The maximum absolute atomic E-state index is 12.4. The minimum absolute atomic E-state index is 0.212. The molecule has 3 aromatic rings. The molecule has 0 fully saturated rings. The van der Waals surface area contributed by atoms with Gasteiger partial charge in [0.25, 0.3) is 5.91 Å². The van der Waals surface area contributed by atoms with E-state index >= 15 is 0 Å². The molecule has 8 heteroatoms. The molecule has 3 rings (SSSR count). The number of carbonyl (C=O) groups excluding carboxylic acids is 1. The van der Waals surface area contributed by atoms with E-state index in [0.717, 1.165) is 0 Å². The first kappa shape index (κ1) is 17.6. The van der Waals surface area contributed by atoms with Crippen LogP contribution < -0.4 is 5.32 Å². The summed E-state index contributed by atoms with van der Waals surface area (Å²) < 4.78 is 5.45. The Labute approximate surface area is 157 Å². The predicted molar refractivity (Wildman–Crippen MR) is 97.0 cm³/mol. The van der Waals surface area contributed by atoms with E-state index in [1.54, 1.807) is 18.2 Å². The number of benzene rings is 2. The summed E-state index contributed by atoms with van der Waals surface area (Å²) in [4.78, 5) is 23.1. The Morgan fingerprint density at radius 1 is 1.04 bits per heavy atom. The number of carbonyl (C=O) groups is 2. The first-order chi connectivity index (χ1) is 11.8. The molecule has 1 amide bonds. The summed E-state index contributed by atoms with van der Waals surface area (Å²) in [6, 6.07) is 9.44. The monoisotopic (exact) mass is 397 g/mol. The van der Waals surface area contributed by atoms with E-state index in [4.69, 9.17) is 44.3 Å². The molecular weight excluding hydrogens is 389 g/mol. The molecule has 0 radical (unpaired) electrons. The second-order valence-corrected chi connectivity index (χ2v) is 6.44. The summed E-state index contributed by atoms with van der Waals surface area (Å²) in [5.41, 5.74) is 1.16. The number of aliphatic carboxylic acids is 1. The van der Waals surface area contributed by atoms with E-state index in [2.05, 4.69) is 5.32 Å². The van der Waals surface area contributed by atoms with Gasteiger partial charge in [-0.2, -0.15) is 0 Å². The van der Waals surface area contributed by atoms with Crippen LogP contribution >= 0.6 is 34.8 Å². The lowest BCUT2D eigenvalue weighted by molar-refractivity contribution is -0.136. The summed E-state index contributed by atoms with van der Waals surface area (Å²) in [7, 11) is 0. The number of halogens is 3. The van der Waals surface area contributed by atoms with Gasteiger partial charge in [0, 0.05) is 16.6 Å². The lowest BCUT2D eigenvalue weighted by Crippen LogP contribution is -2.11. The van der Waals surface area contributed by atoms with Crippen molar-refractivity contribution in [2.75, 3.05) is 5.32 Å². The quantitative estimate of drug-likeness (QED) is 0.587. The number of furan rings is 1. The molecule has 0 saturated heterocycles. The van der Waals surface area contributed by atoms with Gasteiger partial charge in [-0.05, 0) is 30.3 Å². The second-order valence-electron chi connectivity index (χ2n) is 5.24. The standard InChI is InChI=1S/C17H10Cl3NO4/c18-12-5-10(6-13(19)16(12)20)21-17(24)9-2-1-8-3-11(7-15(22)23)25-14(8)4-9/h1-6H,7H2,(H,21,24)(H,22,23). The van der Waals surface area contributed by atoms with Crippen LogP contribution in [-0.2, 0) is 11.2 Å². The second kappa shape index (κ2) is 6.96. The largest absolute Gasteiger partial charge is 0.481 e. The van der Waals surface area contributed by atoms with E-state index in [-0.39, 0.29) is 21.5 Å². The molecule has 1 heterocycles. The summed E-state index contributed by atoms with van der Waals surface area (Å²) in [5, 5.41) is 12.9. The highest BCUT2D eigenvalue weighted by molar-refractivity contribution is 6.48. The van der Waals surface area contributed by atoms with Crippen molar-refractivity contribution in [3.05, 3.63) is 62.8 Å². The van der Waals surface area contributed by atoms with E-state index in [0.29, 0.717) is 28.0 Å². The molecular formula is C17H10Cl3NO4. The van der Waals surface area contributed by atoms with Crippen molar-refractivity contribution in [3.63, 3.8) is 0 Å². The van der Waals surface area contributed by atoms with Crippen molar-refractivity contribution >= 4 is 63.3 Å². The van der Waals surface area contributed by atoms with Crippen molar-refractivity contribution in [2.24, 2.45) is 0 Å². The predicted octanol–water partition coefficient (Wildman–Crippen LogP) is 5.27. The molecule has 0 aliphatic carbocycles. The van der Waals surface area contributed by atoms with Gasteiger partial charge in [0.15, 0.2) is 0 Å². The van der Waals surface area contributed by atoms with Gasteiger partial charge in [-0.15, -0.1) is 0 Å². The van der Waals surface area contributed by atoms with Crippen LogP contribution in [0.3, 0.4) is 0 Å². The number of carboxylic acids is 1. The van der Waals surface area contributed by atoms with Crippen LogP contribution in [0.1, 0.15) is 16.1 Å². The third-order valence-corrected chi connectivity index (χ3v) is 4.60. The Morgan fingerprint density at radius 3 is 2.36 bits per heavy atom. The van der Waals surface area contributed by atoms with E-state index in [1.165, 1.54) is 18.2 Å². The summed E-state index contributed by atoms with van der Waals surface area (Å²) >= 11 is 17.8. The van der Waals surface area contributed by atoms with E-state index in [1.807, 2.05) is 0 Å². The summed E-state index contributed by atoms with van der Waals surface area (Å²) in [6.45, 7) is 0. The van der Waals surface area contributed by atoms with Crippen LogP contribution in [0.5, 0.6) is 0 Å². The van der Waals surface area contributed by atoms with Gasteiger partial charge >= 0.3 is 5.97 Å². The van der Waals surface area contributed by atoms with Gasteiger partial charge in [0.1, 0.15) is 17.8 Å². The smallest absolute Gasteiger partial charge is 0.311 e. The average Bonchev–Trinajstić information content (AvgIpc) is 2.92. The highest BCUT2D eigenvalue weighted by atomic mass is 35.5. The van der Waals surface area contributed by atoms with Gasteiger partial charge in [-0.3, -0.25) is 9.59 Å². The van der Waals surface area contributed by atoms with Crippen molar-refractivity contribution in [3.8, 4) is 0 Å². The van der Waals surface area contributed by atoms with Crippen molar-refractivity contribution in [2.45, 2.75) is 6.42 Å². The molecule has 1 aromatic heterocycles. The normalized spacial score (nSPS) is 10.8. The van der Waals surface area contributed by atoms with E-state index in [9.17, 15) is 9.59 Å². The Hall–Kier alpha value is -2.21. The molecule has 0 spiro atoms. The first-order valence-electron chi connectivity index (χ1n) is 7.03. The molecule has 25 heavy (non-hydrogen) atoms. The Bertz CT molecular complexity index is 974. The number of anilines is 1. The zero-order valence-electron chi connectivity index (χ0n) is 12.5. The number of nitrogens with one attached hydrogen (secondary N) is 1. The highest BCUT2D eigenvalue weighted by Crippen LogP contribution is 2.33. The van der Waals surface area contributed by atoms with Gasteiger partial charge in [-0.25, -0.2) is 0 Å². The fraction of sp³-hybridized carbons (Fsp3) is 0.0588. The van der Waals surface area contributed by atoms with Crippen molar-refractivity contribution in [1.29, 1.82) is 0 Å². The zero-order chi connectivity index (χ0) is 18.1. The molecule has 2 N–H and O–H groups in total. The van der Waals surface area contributed by atoms with Gasteiger partial charge in [-0.1, -0.05) is 40.9 Å². The number of carboxylic acid groups (broad SMARTS) is 1. The number of rotatable bonds is 4. The van der Waals surface area contributed by atoms with Crippen LogP contribution in [0.15, 0.2) is 40.8 Å². The summed E-state index contributed by atoms with van der Waals surface area (Å²) in [5.74, 6) is -1.07. The maximum atomic E-state index is 12.4. The first-order valence-corrected chi connectivity index (χ1v) is 8.17. The molecule has 0 aliphatic heterocycles. The van der Waals surface area contributed by atoms with Crippen LogP contribution in [0.4, 0.5) is 5.69 Å². The molecule has 0 saturated carbocycles. The minimum atomic E-state index is -0.992. The topological polar surface area (TPSA) is 79.5 Å². The van der Waals surface area contributed by atoms with Crippen molar-refractivity contribution < 1.29 is 19.1 Å². The summed E-state index contributed by atoms with van der Waals surface area (Å²) in [6.07, 6.45) is -0.224. The number of fused-ring (bicyclic) bond motifs is 1. The van der Waals surface area contributed by atoms with Gasteiger partial charge in [0.05, 0.1) is 15.1 Å². The molecule has 0 bridgehead atoms. The molecule has 2 aromatic carbocycles. The van der Waals surface area contributed by atoms with Gasteiger partial charge in [0.2, 0.25) is 0 Å². The van der Waals surface area contributed by atoms with Crippen molar-refractivity contribution in [1.82, 2.24) is 0 Å². The van der Waals surface area contributed by atoms with Crippen LogP contribution in [0.2, 0.25) is 15.1 Å². The maximum Gasteiger partial charge on any atom is 0.311 e. The number of hydrogen-bond acceptors (Lipinski definition) is 3. The third kappa shape index (κ3) is 3.90. The molecule has 128 valence electrons. The SMILES string of the molecule is O=C(O)Cc1cc2ccc(C(=O)Nc3cc(Cl)c(Cl)c(Cl)c3)cc2o1. The zero-order valence-corrected chi connectivity index (χ0v) is 14.7. The number of amides is 1. The minimum Gasteiger partial charge on any atom is -0.481 e. The number of hydrogen-bond donors (Lipinski definition) is 2. The highest BCUT2D eigenvalue weighted by Gasteiger charge is 2.13. The molecule has 0 unspecified atom stereocenters. The average molecular weight is 399 g/mol. The molecule has 0 aliphatic rings. The Balaban J connectivity index is 1.85. The fourth-order valence-electron chi connectivity index (χ4n) is 2.29. The lowest BCUT2D eigenvalue weighted by atomic mass is 10.1. The van der Waals surface area contributed by atoms with Crippen LogP contribution in [0, 0.1) is 0 Å². The Morgan fingerprint density at radius 2 is 1.72 bits per heavy atom. The van der Waals surface area contributed by atoms with Crippen LogP contribution in [0.25, 0.3) is 11.0 Å².